The molecule has 2 aromatic carbocycles. The summed E-state index contributed by atoms with van der Waals surface area (Å²) in [6, 6.07) is 13.9. The van der Waals surface area contributed by atoms with Crippen molar-refractivity contribution in [3.05, 3.63) is 59.1 Å². The molecule has 0 spiro atoms. The van der Waals surface area contributed by atoms with Crippen molar-refractivity contribution in [1.82, 2.24) is 0 Å². The SMILES string of the molecule is Cc1ccc(OCC(=O)OCC(=O)Nc2ccc(Cl)cc2)cc1. The molecule has 0 aliphatic carbocycles. The molecule has 0 bridgehead atoms. The summed E-state index contributed by atoms with van der Waals surface area (Å²) in [5.41, 5.74) is 1.67. The third kappa shape index (κ3) is 6.00. The van der Waals surface area contributed by atoms with E-state index in [0.717, 1.165) is 5.56 Å². The Morgan fingerprint density at radius 1 is 1.00 bits per heavy atom. The monoisotopic (exact) mass is 333 g/mol. The van der Waals surface area contributed by atoms with Gasteiger partial charge in [0.05, 0.1) is 0 Å². The lowest BCUT2D eigenvalue weighted by Crippen LogP contribution is -2.23. The van der Waals surface area contributed by atoms with Crippen molar-refractivity contribution in [3.8, 4) is 5.75 Å². The highest BCUT2D eigenvalue weighted by Crippen LogP contribution is 2.13. The molecule has 0 unspecified atom stereocenters. The van der Waals surface area contributed by atoms with Crippen LogP contribution in [0.3, 0.4) is 0 Å². The predicted octanol–water partition coefficient (Wildman–Crippen LogP) is 3.21. The van der Waals surface area contributed by atoms with Gasteiger partial charge in [-0.1, -0.05) is 29.3 Å². The molecule has 0 atom stereocenters. The Morgan fingerprint density at radius 2 is 1.65 bits per heavy atom. The van der Waals surface area contributed by atoms with Gasteiger partial charge < -0.3 is 14.8 Å². The van der Waals surface area contributed by atoms with Crippen molar-refractivity contribution in [2.75, 3.05) is 18.5 Å². The third-order valence-corrected chi connectivity index (χ3v) is 3.12. The van der Waals surface area contributed by atoms with Crippen molar-refractivity contribution in [3.63, 3.8) is 0 Å². The molecule has 6 heteroatoms. The van der Waals surface area contributed by atoms with Crippen LogP contribution in [0.5, 0.6) is 5.75 Å². The van der Waals surface area contributed by atoms with Gasteiger partial charge in [-0.15, -0.1) is 0 Å². The summed E-state index contributed by atoms with van der Waals surface area (Å²) in [4.78, 5) is 23.2. The van der Waals surface area contributed by atoms with Gasteiger partial charge in [-0.05, 0) is 43.3 Å². The van der Waals surface area contributed by atoms with E-state index in [4.69, 9.17) is 21.1 Å². The summed E-state index contributed by atoms with van der Waals surface area (Å²) in [5.74, 6) is -0.481. The average molecular weight is 334 g/mol. The molecule has 1 amide bonds. The van der Waals surface area contributed by atoms with Gasteiger partial charge in [0.15, 0.2) is 13.2 Å². The highest BCUT2D eigenvalue weighted by atomic mass is 35.5. The molecule has 0 aromatic heterocycles. The second-order valence-corrected chi connectivity index (χ2v) is 5.25. The lowest BCUT2D eigenvalue weighted by Gasteiger charge is -2.08. The van der Waals surface area contributed by atoms with Crippen molar-refractivity contribution < 1.29 is 19.1 Å². The van der Waals surface area contributed by atoms with Crippen LogP contribution in [0.15, 0.2) is 48.5 Å². The zero-order valence-corrected chi connectivity index (χ0v) is 13.3. The molecule has 0 fully saturated rings. The van der Waals surface area contributed by atoms with E-state index in [9.17, 15) is 9.59 Å². The maximum atomic E-state index is 11.7. The zero-order chi connectivity index (χ0) is 16.7. The van der Waals surface area contributed by atoms with Crippen molar-refractivity contribution in [2.45, 2.75) is 6.92 Å². The molecular weight excluding hydrogens is 318 g/mol. The highest BCUT2D eigenvalue weighted by Gasteiger charge is 2.09. The molecule has 5 nitrogen and oxygen atoms in total. The topological polar surface area (TPSA) is 64.6 Å². The highest BCUT2D eigenvalue weighted by molar-refractivity contribution is 6.30. The lowest BCUT2D eigenvalue weighted by molar-refractivity contribution is -0.149. The van der Waals surface area contributed by atoms with Gasteiger partial charge in [-0.25, -0.2) is 4.79 Å². The molecule has 1 N–H and O–H groups in total. The van der Waals surface area contributed by atoms with Gasteiger partial charge in [0.25, 0.3) is 5.91 Å². The molecule has 2 rings (SSSR count). The number of hydrogen-bond donors (Lipinski definition) is 1. The first-order chi connectivity index (χ1) is 11.0. The van der Waals surface area contributed by atoms with Crippen LogP contribution >= 0.6 is 11.6 Å². The summed E-state index contributed by atoms with van der Waals surface area (Å²) in [7, 11) is 0. The maximum Gasteiger partial charge on any atom is 0.344 e. The first kappa shape index (κ1) is 16.8. The van der Waals surface area contributed by atoms with Crippen LogP contribution in [-0.4, -0.2) is 25.1 Å². The number of hydrogen-bond acceptors (Lipinski definition) is 4. The van der Waals surface area contributed by atoms with E-state index in [-0.39, 0.29) is 13.2 Å². The van der Waals surface area contributed by atoms with Gasteiger partial charge in [0.2, 0.25) is 0 Å². The smallest absolute Gasteiger partial charge is 0.344 e. The second kappa shape index (κ2) is 8.19. The Balaban J connectivity index is 1.70. The van der Waals surface area contributed by atoms with Crippen molar-refractivity contribution >= 4 is 29.2 Å². The quantitative estimate of drug-likeness (QED) is 0.824. The summed E-state index contributed by atoms with van der Waals surface area (Å²) in [6.07, 6.45) is 0. The average Bonchev–Trinajstić information content (AvgIpc) is 2.54. The van der Waals surface area contributed by atoms with E-state index >= 15 is 0 Å². The number of carbonyl (C=O) groups excluding carboxylic acids is 2. The minimum atomic E-state index is -0.614. The van der Waals surface area contributed by atoms with Gasteiger partial charge >= 0.3 is 5.97 Å². The number of rotatable bonds is 6. The minimum absolute atomic E-state index is 0.253. The molecular formula is C17H16ClNO4. The van der Waals surface area contributed by atoms with E-state index in [0.29, 0.717) is 16.5 Å². The van der Waals surface area contributed by atoms with E-state index in [1.165, 1.54) is 0 Å². The molecule has 0 radical (unpaired) electrons. The molecule has 2 aromatic rings. The summed E-state index contributed by atoms with van der Waals surface area (Å²) in [5, 5.41) is 3.16. The maximum absolute atomic E-state index is 11.7. The fourth-order valence-corrected chi connectivity index (χ4v) is 1.82. The number of halogens is 1. The summed E-state index contributed by atoms with van der Waals surface area (Å²) < 4.78 is 10.1. The van der Waals surface area contributed by atoms with Crippen LogP contribution in [0.4, 0.5) is 5.69 Å². The fraction of sp³-hybridized carbons (Fsp3) is 0.176. The fourth-order valence-electron chi connectivity index (χ4n) is 1.69. The van der Waals surface area contributed by atoms with Gasteiger partial charge in [-0.2, -0.15) is 0 Å². The number of ether oxygens (including phenoxy) is 2. The molecule has 120 valence electrons. The minimum Gasteiger partial charge on any atom is -0.482 e. The van der Waals surface area contributed by atoms with E-state index in [2.05, 4.69) is 5.32 Å². The van der Waals surface area contributed by atoms with Crippen LogP contribution in [0.1, 0.15) is 5.56 Å². The summed E-state index contributed by atoms with van der Waals surface area (Å²) in [6.45, 7) is 1.33. The van der Waals surface area contributed by atoms with Crippen LogP contribution in [0.2, 0.25) is 5.02 Å². The van der Waals surface area contributed by atoms with Crippen LogP contribution in [0, 0.1) is 6.92 Å². The molecule has 0 aliphatic rings. The number of esters is 1. The van der Waals surface area contributed by atoms with Crippen molar-refractivity contribution in [1.29, 1.82) is 0 Å². The van der Waals surface area contributed by atoms with Crippen molar-refractivity contribution in [2.24, 2.45) is 0 Å². The second-order valence-electron chi connectivity index (χ2n) is 4.82. The Hall–Kier alpha value is -2.53. The number of nitrogens with one attached hydrogen (secondary N) is 1. The van der Waals surface area contributed by atoms with Gasteiger partial charge in [-0.3, -0.25) is 4.79 Å². The Bertz CT molecular complexity index is 668. The predicted molar refractivity (Wildman–Crippen MR) is 87.7 cm³/mol. The first-order valence-electron chi connectivity index (χ1n) is 6.93. The third-order valence-electron chi connectivity index (χ3n) is 2.87. The number of amides is 1. The standard InChI is InChI=1S/C17H16ClNO4/c1-12-2-8-15(9-3-12)22-11-17(21)23-10-16(20)19-14-6-4-13(18)5-7-14/h2-9H,10-11H2,1H3,(H,19,20). The largest absolute Gasteiger partial charge is 0.482 e. The van der Waals surface area contributed by atoms with E-state index in [1.54, 1.807) is 36.4 Å². The normalized spacial score (nSPS) is 10.0. The van der Waals surface area contributed by atoms with Crippen LogP contribution in [-0.2, 0) is 14.3 Å². The Labute approximate surface area is 139 Å². The van der Waals surface area contributed by atoms with Gasteiger partial charge in [0, 0.05) is 10.7 Å². The lowest BCUT2D eigenvalue weighted by atomic mass is 10.2. The zero-order valence-electron chi connectivity index (χ0n) is 12.5. The number of carbonyl (C=O) groups is 2. The first-order valence-corrected chi connectivity index (χ1v) is 7.31. The number of aryl methyl sites for hydroxylation is 1. The molecule has 0 saturated carbocycles. The van der Waals surface area contributed by atoms with E-state index in [1.807, 2.05) is 19.1 Å². The molecule has 0 saturated heterocycles. The molecule has 0 aliphatic heterocycles. The molecule has 23 heavy (non-hydrogen) atoms. The molecule has 0 heterocycles. The summed E-state index contributed by atoms with van der Waals surface area (Å²) >= 11 is 5.75. The Kier molecular flexibility index (Phi) is 6.00. The number of benzene rings is 2. The van der Waals surface area contributed by atoms with Crippen LogP contribution in [0.25, 0.3) is 0 Å². The van der Waals surface area contributed by atoms with E-state index < -0.39 is 11.9 Å². The Morgan fingerprint density at radius 3 is 2.30 bits per heavy atom. The van der Waals surface area contributed by atoms with Gasteiger partial charge in [0.1, 0.15) is 5.75 Å². The number of anilines is 1. The van der Waals surface area contributed by atoms with Crippen LogP contribution < -0.4 is 10.1 Å².